The number of aromatic carboxylic acids is 1. The van der Waals surface area contributed by atoms with Crippen molar-refractivity contribution in [2.45, 2.75) is 0 Å². The van der Waals surface area contributed by atoms with Crippen LogP contribution in [0.1, 0.15) is 16.1 Å². The third-order valence-electron chi connectivity index (χ3n) is 2.90. The highest BCUT2D eigenvalue weighted by atomic mass is 35.5. The van der Waals surface area contributed by atoms with Crippen LogP contribution in [0.25, 0.3) is 17.2 Å². The molecule has 0 fully saturated rings. The fourth-order valence-electron chi connectivity index (χ4n) is 1.91. The molecule has 0 saturated heterocycles. The van der Waals surface area contributed by atoms with Crippen LogP contribution in [-0.4, -0.2) is 28.2 Å². The minimum Gasteiger partial charge on any atom is -0.492 e. The lowest BCUT2D eigenvalue weighted by atomic mass is 10.1. The van der Waals surface area contributed by atoms with E-state index in [1.807, 2.05) is 0 Å². The molecule has 0 spiro atoms. The Morgan fingerprint density at radius 1 is 1.43 bits per heavy atom. The van der Waals surface area contributed by atoms with Crippen LogP contribution in [-0.2, 0) is 0 Å². The van der Waals surface area contributed by atoms with Crippen LogP contribution in [0.3, 0.4) is 0 Å². The number of nitrogens with zero attached hydrogens (tertiary/aromatic N) is 2. The number of hydrogen-bond acceptors (Lipinski definition) is 5. The van der Waals surface area contributed by atoms with Gasteiger partial charge in [-0.3, -0.25) is 0 Å². The number of carboxylic acids is 1. The smallest absolute Gasteiger partial charge is 0.355 e. The molecule has 2 aromatic rings. The van der Waals surface area contributed by atoms with Crippen molar-refractivity contribution in [3.8, 4) is 17.1 Å². The van der Waals surface area contributed by atoms with Gasteiger partial charge in [-0.25, -0.2) is 23.5 Å². The first-order chi connectivity index (χ1) is 10.8. The molecule has 3 N–H and O–H groups in total. The van der Waals surface area contributed by atoms with Gasteiger partial charge in [0, 0.05) is 0 Å². The molecule has 0 atom stereocenters. The molecule has 0 unspecified atom stereocenters. The first-order valence-corrected chi connectivity index (χ1v) is 6.43. The Morgan fingerprint density at radius 3 is 2.61 bits per heavy atom. The summed E-state index contributed by atoms with van der Waals surface area (Å²) in [5, 5.41) is 9.14. The zero-order valence-electron chi connectivity index (χ0n) is 11.7. The molecule has 2 rings (SSSR count). The largest absolute Gasteiger partial charge is 0.492 e. The highest BCUT2D eigenvalue weighted by molar-refractivity contribution is 6.32. The number of benzene rings is 1. The van der Waals surface area contributed by atoms with Crippen LogP contribution in [0.15, 0.2) is 18.7 Å². The van der Waals surface area contributed by atoms with Crippen LogP contribution in [0.5, 0.6) is 5.75 Å². The molecule has 0 saturated carbocycles. The van der Waals surface area contributed by atoms with Gasteiger partial charge in [-0.1, -0.05) is 18.2 Å². The van der Waals surface area contributed by atoms with Crippen molar-refractivity contribution in [2.24, 2.45) is 0 Å². The Bertz CT molecular complexity index is 827. The summed E-state index contributed by atoms with van der Waals surface area (Å²) >= 11 is 5.78. The second kappa shape index (κ2) is 6.17. The highest BCUT2D eigenvalue weighted by Crippen LogP contribution is 2.35. The number of hydrogen-bond donors (Lipinski definition) is 2. The molecule has 1 aromatic carbocycles. The van der Waals surface area contributed by atoms with Gasteiger partial charge in [0.1, 0.15) is 11.6 Å². The number of nitrogens with two attached hydrogens (primary N) is 1. The number of halogens is 3. The monoisotopic (exact) mass is 341 g/mol. The van der Waals surface area contributed by atoms with Gasteiger partial charge in [-0.15, -0.1) is 0 Å². The Kier molecular flexibility index (Phi) is 4.46. The molecule has 0 amide bonds. The van der Waals surface area contributed by atoms with E-state index in [0.29, 0.717) is 0 Å². The summed E-state index contributed by atoms with van der Waals surface area (Å²) in [6.07, 6.45) is 0. The lowest BCUT2D eigenvalue weighted by Crippen LogP contribution is -2.11. The topological polar surface area (TPSA) is 98.3 Å². The van der Waals surface area contributed by atoms with Crippen molar-refractivity contribution in [3.63, 3.8) is 0 Å². The first-order valence-electron chi connectivity index (χ1n) is 6.05. The summed E-state index contributed by atoms with van der Waals surface area (Å²) in [5.41, 5.74) is 4.07. The Hall–Kier alpha value is -2.74. The summed E-state index contributed by atoms with van der Waals surface area (Å²) in [7, 11) is 1.21. The van der Waals surface area contributed by atoms with Gasteiger partial charge in [0.25, 0.3) is 0 Å². The standard InChI is InChI=1S/C14H10ClF2N3O3/c1-5(16)8-10(14(21)22)19-13(20-12(8)18)6-3-4-7(15)11(23-2)9(6)17/h3-4H,1H2,2H3,(H,21,22)(H2,18,19,20). The molecule has 9 heteroatoms. The minimum absolute atomic E-state index is 0.00827. The Morgan fingerprint density at radius 2 is 2.09 bits per heavy atom. The van der Waals surface area contributed by atoms with E-state index in [-0.39, 0.29) is 22.2 Å². The van der Waals surface area contributed by atoms with E-state index >= 15 is 0 Å². The molecule has 0 aliphatic rings. The van der Waals surface area contributed by atoms with Crippen LogP contribution >= 0.6 is 11.6 Å². The van der Waals surface area contributed by atoms with E-state index in [9.17, 15) is 13.6 Å². The van der Waals surface area contributed by atoms with Gasteiger partial charge in [0.05, 0.1) is 23.3 Å². The zero-order valence-corrected chi connectivity index (χ0v) is 12.5. The van der Waals surface area contributed by atoms with E-state index in [4.69, 9.17) is 27.2 Å². The number of methoxy groups -OCH3 is 1. The molecule has 0 bridgehead atoms. The maximum Gasteiger partial charge on any atom is 0.355 e. The molecule has 23 heavy (non-hydrogen) atoms. The van der Waals surface area contributed by atoms with Crippen LogP contribution < -0.4 is 10.5 Å². The number of carboxylic acid groups (broad SMARTS) is 1. The molecule has 0 aliphatic heterocycles. The number of anilines is 1. The maximum atomic E-state index is 14.4. The van der Waals surface area contributed by atoms with E-state index in [1.54, 1.807) is 0 Å². The first kappa shape index (κ1) is 16.6. The van der Waals surface area contributed by atoms with Crippen LogP contribution in [0.2, 0.25) is 5.02 Å². The Balaban J connectivity index is 2.76. The van der Waals surface area contributed by atoms with E-state index < -0.39 is 34.7 Å². The van der Waals surface area contributed by atoms with Gasteiger partial charge in [0.15, 0.2) is 23.1 Å². The molecule has 0 radical (unpaired) electrons. The predicted molar refractivity (Wildman–Crippen MR) is 80.5 cm³/mol. The van der Waals surface area contributed by atoms with E-state index in [0.717, 1.165) is 0 Å². The Labute approximate surface area is 134 Å². The van der Waals surface area contributed by atoms with Gasteiger partial charge in [-0.2, -0.15) is 0 Å². The summed E-state index contributed by atoms with van der Waals surface area (Å²) in [5.74, 6) is -4.66. The van der Waals surface area contributed by atoms with Crippen LogP contribution in [0, 0.1) is 5.82 Å². The zero-order chi connectivity index (χ0) is 17.3. The lowest BCUT2D eigenvalue weighted by molar-refractivity contribution is 0.0690. The molecule has 1 heterocycles. The molecular formula is C14H10ClF2N3O3. The molecule has 1 aromatic heterocycles. The molecule has 120 valence electrons. The van der Waals surface area contributed by atoms with Crippen molar-refractivity contribution in [3.05, 3.63) is 40.8 Å². The highest BCUT2D eigenvalue weighted by Gasteiger charge is 2.23. The van der Waals surface area contributed by atoms with Crippen molar-refractivity contribution in [1.82, 2.24) is 9.97 Å². The van der Waals surface area contributed by atoms with Crippen molar-refractivity contribution < 1.29 is 23.4 Å². The third-order valence-corrected chi connectivity index (χ3v) is 3.20. The fourth-order valence-corrected chi connectivity index (χ4v) is 2.14. The summed E-state index contributed by atoms with van der Waals surface area (Å²) in [6.45, 7) is 2.99. The average Bonchev–Trinajstić information content (AvgIpc) is 2.46. The predicted octanol–water partition coefficient (Wildman–Crippen LogP) is 3.17. The van der Waals surface area contributed by atoms with Gasteiger partial charge >= 0.3 is 5.97 Å². The second-order valence-corrected chi connectivity index (χ2v) is 4.72. The van der Waals surface area contributed by atoms with Crippen LogP contribution in [0.4, 0.5) is 14.6 Å². The molecule has 6 nitrogen and oxygen atoms in total. The normalized spacial score (nSPS) is 10.4. The second-order valence-electron chi connectivity index (χ2n) is 4.31. The molecule has 0 aliphatic carbocycles. The van der Waals surface area contributed by atoms with E-state index in [1.165, 1.54) is 19.2 Å². The summed E-state index contributed by atoms with van der Waals surface area (Å²) < 4.78 is 32.6. The fraction of sp³-hybridized carbons (Fsp3) is 0.0714. The van der Waals surface area contributed by atoms with E-state index in [2.05, 4.69) is 16.5 Å². The van der Waals surface area contributed by atoms with Crippen molar-refractivity contribution >= 4 is 29.2 Å². The average molecular weight is 342 g/mol. The number of ether oxygens (including phenoxy) is 1. The quantitative estimate of drug-likeness (QED) is 0.886. The van der Waals surface area contributed by atoms with Gasteiger partial charge < -0.3 is 15.6 Å². The van der Waals surface area contributed by atoms with Gasteiger partial charge in [-0.05, 0) is 12.1 Å². The SMILES string of the molecule is C=C(F)c1c(N)nc(-c2ccc(Cl)c(OC)c2F)nc1C(=O)O. The molecular weight excluding hydrogens is 332 g/mol. The van der Waals surface area contributed by atoms with Gasteiger partial charge in [0.2, 0.25) is 0 Å². The third kappa shape index (κ3) is 2.93. The van der Waals surface area contributed by atoms with Crippen molar-refractivity contribution in [2.75, 3.05) is 12.8 Å². The lowest BCUT2D eigenvalue weighted by Gasteiger charge is -2.11. The number of aromatic nitrogens is 2. The number of rotatable bonds is 4. The number of nitrogen functional groups attached to an aromatic ring is 1. The van der Waals surface area contributed by atoms with Crippen molar-refractivity contribution in [1.29, 1.82) is 0 Å². The maximum absolute atomic E-state index is 14.4. The minimum atomic E-state index is -1.56. The summed E-state index contributed by atoms with van der Waals surface area (Å²) in [6, 6.07) is 2.55. The summed E-state index contributed by atoms with van der Waals surface area (Å²) in [4.78, 5) is 18.6. The number of carbonyl (C=O) groups is 1.